The number of amides is 1. The van der Waals surface area contributed by atoms with Crippen LogP contribution in [0.3, 0.4) is 0 Å². The third-order valence-corrected chi connectivity index (χ3v) is 7.67. The van der Waals surface area contributed by atoms with Crippen molar-refractivity contribution in [1.29, 1.82) is 0 Å². The van der Waals surface area contributed by atoms with E-state index in [4.69, 9.17) is 10.5 Å². The number of benzene rings is 1. The van der Waals surface area contributed by atoms with Crippen molar-refractivity contribution in [2.75, 3.05) is 32.4 Å². The Balaban J connectivity index is 1.27. The highest BCUT2D eigenvalue weighted by molar-refractivity contribution is 6.03. The summed E-state index contributed by atoms with van der Waals surface area (Å²) in [6, 6.07) is 13.5. The van der Waals surface area contributed by atoms with Gasteiger partial charge in [0.05, 0.1) is 5.39 Å². The van der Waals surface area contributed by atoms with Crippen LogP contribution in [0.15, 0.2) is 60.9 Å². The van der Waals surface area contributed by atoms with Crippen molar-refractivity contribution >= 4 is 22.8 Å². The highest BCUT2D eigenvalue weighted by Crippen LogP contribution is 2.51. The molecule has 1 amide bonds. The number of likely N-dealkylation sites (N-methyl/N-ethyl adjacent to an activating group) is 1. The number of fused-ring (bicyclic) bond motifs is 2. The summed E-state index contributed by atoms with van der Waals surface area (Å²) < 4.78 is 7.93. The van der Waals surface area contributed by atoms with Crippen LogP contribution in [0.4, 0.5) is 5.82 Å². The van der Waals surface area contributed by atoms with Crippen LogP contribution >= 0.6 is 0 Å². The summed E-state index contributed by atoms with van der Waals surface area (Å²) in [4.78, 5) is 27.5. The molecule has 9 heteroatoms. The fourth-order valence-electron chi connectivity index (χ4n) is 5.54. The number of carbonyl (C=O) groups excluding carboxylic acids is 1. The predicted octanol–water partition coefficient (Wildman–Crippen LogP) is 3.54. The number of nitrogens with two attached hydrogens (primary N) is 1. The van der Waals surface area contributed by atoms with E-state index in [2.05, 4.69) is 32.1 Å². The van der Waals surface area contributed by atoms with E-state index in [1.807, 2.05) is 79.0 Å². The molecule has 1 saturated heterocycles. The van der Waals surface area contributed by atoms with Crippen molar-refractivity contribution < 1.29 is 9.53 Å². The van der Waals surface area contributed by atoms with Gasteiger partial charge in [0.2, 0.25) is 11.8 Å². The van der Waals surface area contributed by atoms with Crippen molar-refractivity contribution in [3.8, 4) is 34.6 Å². The fourth-order valence-corrected chi connectivity index (χ4v) is 5.54. The van der Waals surface area contributed by atoms with E-state index in [-0.39, 0.29) is 11.8 Å². The zero-order chi connectivity index (χ0) is 27.8. The smallest absolute Gasteiger partial charge is 0.246 e. The van der Waals surface area contributed by atoms with E-state index in [0.717, 1.165) is 46.6 Å². The van der Waals surface area contributed by atoms with Crippen LogP contribution in [0.5, 0.6) is 11.6 Å². The molecule has 0 bridgehead atoms. The van der Waals surface area contributed by atoms with Crippen LogP contribution in [0, 0.1) is 36.5 Å². The van der Waals surface area contributed by atoms with Gasteiger partial charge in [-0.15, -0.1) is 0 Å². The minimum Gasteiger partial charge on any atom is -0.439 e. The Morgan fingerprint density at radius 1 is 1.18 bits per heavy atom. The molecule has 2 aliphatic rings. The average Bonchev–Trinajstić information content (AvgIpc) is 3.25. The molecule has 202 valence electrons. The fraction of sp³-hybridized carbons (Fsp3) is 0.290. The molecular formula is C31H31N7O2. The molecule has 1 aliphatic carbocycles. The van der Waals surface area contributed by atoms with Crippen LogP contribution < -0.4 is 15.8 Å². The topological polar surface area (TPSA) is 111 Å². The van der Waals surface area contributed by atoms with Gasteiger partial charge in [0.1, 0.15) is 29.2 Å². The minimum absolute atomic E-state index is 0.0739. The van der Waals surface area contributed by atoms with Gasteiger partial charge in [0.25, 0.3) is 0 Å². The lowest BCUT2D eigenvalue weighted by Gasteiger charge is -2.16. The van der Waals surface area contributed by atoms with Crippen molar-refractivity contribution in [1.82, 2.24) is 29.7 Å². The number of aromatic nitrogens is 4. The van der Waals surface area contributed by atoms with Crippen molar-refractivity contribution in [3.63, 3.8) is 0 Å². The standard InChI is InChI=1S/C31H31N7O2/c1-19-6-4-7-26(36-19)40-21-11-9-20(10-12-21)28-25(37(3)31-29(28)30(32)34-18-35-31)14-13-22-23-16-38(17-24(22)23)27(39)8-5-15-33-2/h4-12,18,22-24,33H,15-17H2,1-3H3,(H2,32,34,35)/b8-5+/t22?,23-,24+. The van der Waals surface area contributed by atoms with Gasteiger partial charge in [0.15, 0.2) is 0 Å². The second kappa shape index (κ2) is 10.5. The molecule has 1 aliphatic heterocycles. The number of nitrogen functional groups attached to an aromatic ring is 1. The van der Waals surface area contributed by atoms with Gasteiger partial charge in [-0.1, -0.05) is 30.2 Å². The number of carbonyl (C=O) groups is 1. The summed E-state index contributed by atoms with van der Waals surface area (Å²) in [6.45, 7) is 4.12. The molecule has 3 atom stereocenters. The first-order valence-electron chi connectivity index (χ1n) is 13.4. The van der Waals surface area contributed by atoms with Gasteiger partial charge in [0, 0.05) is 56.0 Å². The number of likely N-dealkylation sites (tertiary alicyclic amines) is 1. The summed E-state index contributed by atoms with van der Waals surface area (Å²) in [5.41, 5.74) is 10.7. The Kier molecular flexibility index (Phi) is 6.70. The molecule has 1 aromatic carbocycles. The largest absolute Gasteiger partial charge is 0.439 e. The molecule has 0 radical (unpaired) electrons. The first kappa shape index (κ1) is 25.6. The summed E-state index contributed by atoms with van der Waals surface area (Å²) in [6.07, 6.45) is 4.99. The third-order valence-electron chi connectivity index (χ3n) is 7.67. The van der Waals surface area contributed by atoms with Crippen LogP contribution in [-0.2, 0) is 11.8 Å². The number of rotatable bonds is 6. The summed E-state index contributed by atoms with van der Waals surface area (Å²) in [5, 5.41) is 3.80. The third kappa shape index (κ3) is 4.78. The molecule has 0 spiro atoms. The molecule has 1 unspecified atom stereocenters. The molecule has 6 rings (SSSR count). The summed E-state index contributed by atoms with van der Waals surface area (Å²) >= 11 is 0. The van der Waals surface area contributed by atoms with E-state index in [9.17, 15) is 4.79 Å². The van der Waals surface area contributed by atoms with Crippen molar-refractivity contribution in [3.05, 3.63) is 72.3 Å². The molecule has 2 fully saturated rings. The van der Waals surface area contributed by atoms with Crippen LogP contribution in [0.1, 0.15) is 11.4 Å². The lowest BCUT2D eigenvalue weighted by Crippen LogP contribution is -2.30. The van der Waals surface area contributed by atoms with Gasteiger partial charge >= 0.3 is 0 Å². The van der Waals surface area contributed by atoms with Crippen LogP contribution in [0.25, 0.3) is 22.2 Å². The SMILES string of the molecule is CNC/C=C/C(=O)N1C[C@@H]2C(C#Cc3c(-c4ccc(Oc5cccc(C)n5)cc4)c4c(N)ncnc4n3C)[C@@H]2C1. The molecular weight excluding hydrogens is 502 g/mol. The minimum atomic E-state index is 0.0739. The zero-order valence-corrected chi connectivity index (χ0v) is 22.8. The average molecular weight is 534 g/mol. The molecule has 1 saturated carbocycles. The maximum absolute atomic E-state index is 12.4. The first-order valence-corrected chi connectivity index (χ1v) is 13.4. The Morgan fingerprint density at radius 3 is 2.67 bits per heavy atom. The lowest BCUT2D eigenvalue weighted by atomic mass is 10.0. The van der Waals surface area contributed by atoms with Crippen molar-refractivity contribution in [2.24, 2.45) is 24.8 Å². The quantitative estimate of drug-likeness (QED) is 0.288. The monoisotopic (exact) mass is 533 g/mol. The molecule has 9 nitrogen and oxygen atoms in total. The number of hydrogen-bond donors (Lipinski definition) is 2. The van der Waals surface area contributed by atoms with Gasteiger partial charge < -0.3 is 25.3 Å². The second-order valence-corrected chi connectivity index (χ2v) is 10.3. The summed E-state index contributed by atoms with van der Waals surface area (Å²) in [7, 11) is 3.81. The Labute approximate surface area is 233 Å². The van der Waals surface area contributed by atoms with E-state index >= 15 is 0 Å². The van der Waals surface area contributed by atoms with E-state index in [1.165, 1.54) is 6.33 Å². The molecule has 3 aromatic heterocycles. The predicted molar refractivity (Wildman–Crippen MR) is 154 cm³/mol. The lowest BCUT2D eigenvalue weighted by molar-refractivity contribution is -0.125. The number of piperidine rings is 1. The maximum atomic E-state index is 12.4. The Hall–Kier alpha value is -4.68. The highest BCUT2D eigenvalue weighted by atomic mass is 16.5. The van der Waals surface area contributed by atoms with Gasteiger partial charge in [-0.25, -0.2) is 15.0 Å². The number of pyridine rings is 1. The Morgan fingerprint density at radius 2 is 1.95 bits per heavy atom. The maximum Gasteiger partial charge on any atom is 0.246 e. The molecule has 4 aromatic rings. The number of nitrogens with zero attached hydrogens (tertiary/aromatic N) is 5. The van der Waals surface area contributed by atoms with Gasteiger partial charge in [-0.2, -0.15) is 0 Å². The van der Waals surface area contributed by atoms with E-state index in [0.29, 0.717) is 35.8 Å². The second-order valence-electron chi connectivity index (χ2n) is 10.3. The van der Waals surface area contributed by atoms with Gasteiger partial charge in [-0.3, -0.25) is 4.79 Å². The number of nitrogens with one attached hydrogen (secondary N) is 1. The van der Waals surface area contributed by atoms with Crippen LogP contribution in [0.2, 0.25) is 0 Å². The number of aryl methyl sites for hydroxylation is 2. The summed E-state index contributed by atoms with van der Waals surface area (Å²) in [5.74, 6) is 9.80. The molecule has 40 heavy (non-hydrogen) atoms. The number of anilines is 1. The van der Waals surface area contributed by atoms with Crippen LogP contribution in [-0.4, -0.2) is 57.0 Å². The zero-order valence-electron chi connectivity index (χ0n) is 22.8. The molecule has 4 heterocycles. The van der Waals surface area contributed by atoms with E-state index in [1.54, 1.807) is 6.08 Å². The van der Waals surface area contributed by atoms with Gasteiger partial charge in [-0.05, 0) is 55.5 Å². The Bertz CT molecular complexity index is 1670. The van der Waals surface area contributed by atoms with E-state index < -0.39 is 0 Å². The normalized spacial score (nSPS) is 19.5. The number of hydrogen-bond acceptors (Lipinski definition) is 7. The molecule has 3 N–H and O–H groups in total. The first-order chi connectivity index (χ1) is 19.4. The number of ether oxygens (including phenoxy) is 1. The van der Waals surface area contributed by atoms with Crippen molar-refractivity contribution in [2.45, 2.75) is 6.92 Å². The highest BCUT2D eigenvalue weighted by Gasteiger charge is 2.55.